The maximum atomic E-state index is 14.8. The van der Waals surface area contributed by atoms with Crippen LogP contribution >= 0.6 is 0 Å². The van der Waals surface area contributed by atoms with Crippen molar-refractivity contribution in [3.63, 3.8) is 0 Å². The summed E-state index contributed by atoms with van der Waals surface area (Å²) in [6, 6.07) is 13.0. The number of anilines is 1. The Balaban J connectivity index is 1.38. The van der Waals surface area contributed by atoms with Gasteiger partial charge in [-0.05, 0) is 96.6 Å². The Hall–Kier alpha value is -7.89. The summed E-state index contributed by atoms with van der Waals surface area (Å²) in [5, 5.41) is 22.5. The fourth-order valence-corrected chi connectivity index (χ4v) is 12.6. The Labute approximate surface area is 569 Å². The highest BCUT2D eigenvalue weighted by Crippen LogP contribution is 2.33. The van der Waals surface area contributed by atoms with E-state index < -0.39 is 102 Å². The monoisotopic (exact) mass is 1330 g/mol. The predicted octanol–water partition coefficient (Wildman–Crippen LogP) is 8.91. The molecule has 7 amide bonds. The lowest BCUT2D eigenvalue weighted by atomic mass is 9.85. The predicted molar refractivity (Wildman–Crippen MR) is 371 cm³/mol. The lowest BCUT2D eigenvalue weighted by Crippen LogP contribution is -2.60. The molecule has 0 saturated carbocycles. The van der Waals surface area contributed by atoms with Crippen molar-refractivity contribution >= 4 is 71.2 Å². The fourth-order valence-electron chi connectivity index (χ4n) is 12.6. The summed E-state index contributed by atoms with van der Waals surface area (Å²) in [4.78, 5) is 137. The lowest BCUT2D eigenvalue weighted by molar-refractivity contribution is -0.148. The van der Waals surface area contributed by atoms with Gasteiger partial charge in [0.25, 0.3) is 0 Å². The van der Waals surface area contributed by atoms with Gasteiger partial charge >= 0.3 is 12.1 Å². The van der Waals surface area contributed by atoms with Crippen LogP contribution in [0.1, 0.15) is 168 Å². The maximum absolute atomic E-state index is 14.8. The number of likely N-dealkylation sites (N-methyl/N-ethyl adjacent to an activating group) is 2. The first kappa shape index (κ1) is 80.5. The van der Waals surface area contributed by atoms with Gasteiger partial charge in [-0.3, -0.25) is 38.5 Å². The third-order valence-corrected chi connectivity index (χ3v) is 18.5. The number of ether oxygens (including phenoxy) is 3. The minimum Gasteiger partial charge on any atom is -0.445 e. The SMILES string of the molecule is C=Cc1cc(C=C)nc(NCCCC(=O)C[C@H](C(=O)N[C@@H](CCCNC(N)=O)C(=O)Cc2ccc(COC(=O)N(C)[C@H](C(=O)N[C@H](C(=O)N(C)[C@@H]([C@@H](C)CC)[C@@H](CC(=O)N3CCC[C@H]3[C@H](OC)[C@@H](C)C(=O)C[C@H](C)[C@@H](O)c3ccccc3)OC)C(C)C)C(C)C)cc2)C(C)C)n1. The van der Waals surface area contributed by atoms with Gasteiger partial charge in [-0.1, -0.05) is 143 Å². The van der Waals surface area contributed by atoms with Gasteiger partial charge in [-0.2, -0.15) is 0 Å². The molecule has 0 aliphatic carbocycles. The Morgan fingerprint density at radius 3 is 1.95 bits per heavy atom. The Kier molecular flexibility index (Phi) is 33.5. The number of nitrogens with two attached hydrogens (primary N) is 1. The number of rotatable bonds is 42. The number of aliphatic hydroxyl groups excluding tert-OH is 1. The number of ketones is 3. The zero-order valence-electron chi connectivity index (χ0n) is 59.3. The van der Waals surface area contributed by atoms with Gasteiger partial charge < -0.3 is 56.1 Å². The third kappa shape index (κ3) is 24.0. The number of nitrogens with zero attached hydrogens (tertiary/aromatic N) is 5. The van der Waals surface area contributed by atoms with E-state index in [4.69, 9.17) is 19.9 Å². The highest BCUT2D eigenvalue weighted by molar-refractivity contribution is 5.93. The van der Waals surface area contributed by atoms with Crippen LogP contribution in [0.15, 0.2) is 73.8 Å². The van der Waals surface area contributed by atoms with E-state index >= 15 is 0 Å². The van der Waals surface area contributed by atoms with Gasteiger partial charge in [0.2, 0.25) is 29.6 Å². The zero-order valence-corrected chi connectivity index (χ0v) is 59.3. The van der Waals surface area contributed by atoms with Crippen molar-refractivity contribution in [2.75, 3.05) is 53.3 Å². The van der Waals surface area contributed by atoms with Gasteiger partial charge in [-0.25, -0.2) is 19.6 Å². The van der Waals surface area contributed by atoms with Gasteiger partial charge in [0.15, 0.2) is 5.78 Å². The largest absolute Gasteiger partial charge is 0.445 e. The van der Waals surface area contributed by atoms with Crippen LogP contribution in [-0.2, 0) is 60.8 Å². The molecule has 2 aromatic carbocycles. The van der Waals surface area contributed by atoms with Gasteiger partial charge in [0, 0.05) is 85.5 Å². The number of amides is 7. The molecular formula is C73H110N10O13. The molecule has 1 aromatic heterocycles. The number of methoxy groups -OCH3 is 2. The number of Topliss-reactive ketones (excluding diaryl/α,β-unsaturated/α-hetero) is 3. The molecule has 530 valence electrons. The third-order valence-electron chi connectivity index (χ3n) is 18.5. The number of benzene rings is 2. The molecule has 0 radical (unpaired) electrons. The molecule has 12 atom stereocenters. The average Bonchev–Trinajstić information content (AvgIpc) is 1.63. The number of hydrogen-bond donors (Lipinski definition) is 6. The van der Waals surface area contributed by atoms with Crippen LogP contribution in [0.2, 0.25) is 0 Å². The van der Waals surface area contributed by atoms with E-state index in [2.05, 4.69) is 44.4 Å². The summed E-state index contributed by atoms with van der Waals surface area (Å²) < 4.78 is 17.9. The second-order valence-corrected chi connectivity index (χ2v) is 26.7. The van der Waals surface area contributed by atoms with Crippen LogP contribution < -0.4 is 27.0 Å². The minimum atomic E-state index is -1.06. The highest BCUT2D eigenvalue weighted by Gasteiger charge is 2.44. The van der Waals surface area contributed by atoms with E-state index in [1.165, 1.54) is 19.1 Å². The molecule has 3 aromatic rings. The number of carbonyl (C=O) groups excluding carboxylic acids is 9. The van der Waals surface area contributed by atoms with Crippen molar-refractivity contribution < 1.29 is 62.5 Å². The molecule has 23 heteroatoms. The van der Waals surface area contributed by atoms with E-state index in [1.807, 2.05) is 85.7 Å². The zero-order chi connectivity index (χ0) is 71.5. The number of nitrogens with one attached hydrogen (secondary N) is 4. The number of urea groups is 1. The Morgan fingerprint density at radius 1 is 0.750 bits per heavy atom. The summed E-state index contributed by atoms with van der Waals surface area (Å²) in [6.45, 7) is 26.9. The van der Waals surface area contributed by atoms with Crippen molar-refractivity contribution in [3.05, 3.63) is 102 Å². The molecule has 2 heterocycles. The quantitative estimate of drug-likeness (QED) is 0.0288. The van der Waals surface area contributed by atoms with Gasteiger partial charge in [-0.15, -0.1) is 0 Å². The summed E-state index contributed by atoms with van der Waals surface area (Å²) in [5.74, 6) is -4.59. The molecule has 23 nitrogen and oxygen atoms in total. The number of aromatic nitrogens is 2. The van der Waals surface area contributed by atoms with E-state index in [0.717, 1.165) is 5.56 Å². The minimum absolute atomic E-state index is 0.0277. The van der Waals surface area contributed by atoms with E-state index in [0.29, 0.717) is 73.7 Å². The topological polar surface area (TPSA) is 311 Å². The van der Waals surface area contributed by atoms with Crippen molar-refractivity contribution in [2.24, 2.45) is 47.2 Å². The fraction of sp³-hybridized carbons (Fsp3) is 0.603. The van der Waals surface area contributed by atoms with Gasteiger partial charge in [0.05, 0.1) is 54.2 Å². The number of carbonyl (C=O) groups is 9. The molecule has 7 N–H and O–H groups in total. The standard InChI is InChI=1S/C73H110N10O13/c1-17-47(10)65(61(94-15)42-62(87)83-37-25-30-58(83)67(95-16)49(12)59(85)38-48(11)66(88)52-26-21-20-22-27-52)81(13)70(91)63(45(6)7)80-69(90)64(46(8)9)82(14)73(93)96-43-51-33-31-50(32-34-51)39-60(86)57(29-24-35-75-71(74)92)79-68(89)56(44(4)5)41-55(84)28-23-36-76-72-77-53(18-2)40-54(19-3)78-72/h18-22,26-27,31-34,40,44-49,56-58,61,63-67,88H,2-3,17,23-25,28-30,35-39,41-43H2,1,4-16H3,(H,79,89)(H,80,90)(H3,74,75,92)(H,76,77,78)/t47-,48-,49-,56-,57-,58-,61+,63-,64-,65-,66+,67+/m0/s1. The molecular weight excluding hydrogens is 1220 g/mol. The van der Waals surface area contributed by atoms with Crippen molar-refractivity contribution in [2.45, 2.75) is 195 Å². The molecule has 0 spiro atoms. The molecule has 1 saturated heterocycles. The van der Waals surface area contributed by atoms with Crippen molar-refractivity contribution in [3.8, 4) is 0 Å². The van der Waals surface area contributed by atoms with Gasteiger partial charge in [0.1, 0.15) is 30.3 Å². The first-order valence-corrected chi connectivity index (χ1v) is 33.9. The van der Waals surface area contributed by atoms with Crippen LogP contribution in [0.4, 0.5) is 15.5 Å². The number of likely N-dealkylation sites (tertiary alicyclic amines) is 1. The molecule has 96 heavy (non-hydrogen) atoms. The Bertz CT molecular complexity index is 3030. The van der Waals surface area contributed by atoms with Crippen LogP contribution in [0.25, 0.3) is 12.2 Å². The van der Waals surface area contributed by atoms with E-state index in [1.54, 1.807) is 80.3 Å². The van der Waals surface area contributed by atoms with Crippen molar-refractivity contribution in [1.29, 1.82) is 0 Å². The summed E-state index contributed by atoms with van der Waals surface area (Å²) in [7, 11) is 6.17. The second kappa shape index (κ2) is 40.0. The van der Waals surface area contributed by atoms with Crippen LogP contribution in [0, 0.1) is 41.4 Å². The summed E-state index contributed by atoms with van der Waals surface area (Å²) >= 11 is 0. The molecule has 1 fully saturated rings. The molecule has 4 rings (SSSR count). The first-order valence-electron chi connectivity index (χ1n) is 33.9. The highest BCUT2D eigenvalue weighted by atomic mass is 16.6. The molecule has 0 unspecified atom stereocenters. The van der Waals surface area contributed by atoms with E-state index in [-0.39, 0.29) is 92.7 Å². The smallest absolute Gasteiger partial charge is 0.410 e. The van der Waals surface area contributed by atoms with Crippen LogP contribution in [0.5, 0.6) is 0 Å². The molecule has 1 aliphatic heterocycles. The second-order valence-electron chi connectivity index (χ2n) is 26.7. The normalized spacial score (nSPS) is 16.5. The molecule has 1 aliphatic rings. The first-order chi connectivity index (χ1) is 45.5. The average molecular weight is 1340 g/mol. The van der Waals surface area contributed by atoms with Crippen LogP contribution in [0.3, 0.4) is 0 Å². The Morgan fingerprint density at radius 2 is 1.39 bits per heavy atom. The molecule has 0 bridgehead atoms. The van der Waals surface area contributed by atoms with Crippen LogP contribution in [-0.4, -0.2) is 173 Å². The summed E-state index contributed by atoms with van der Waals surface area (Å²) in [6.07, 6.45) is 3.32. The van der Waals surface area contributed by atoms with E-state index in [9.17, 15) is 48.3 Å². The lowest BCUT2D eigenvalue weighted by Gasteiger charge is -2.41. The maximum Gasteiger partial charge on any atom is 0.410 e. The number of primary amides is 1. The number of hydrogen-bond acceptors (Lipinski definition) is 16. The van der Waals surface area contributed by atoms with Crippen molar-refractivity contribution in [1.82, 2.24) is 40.6 Å². The summed E-state index contributed by atoms with van der Waals surface area (Å²) in [5.41, 5.74) is 8.47. The number of aliphatic hydroxyl groups is 1.